The second-order valence-corrected chi connectivity index (χ2v) is 22.2. The lowest BCUT2D eigenvalue weighted by Gasteiger charge is -2.21. The maximum Gasteiger partial charge on any atom is 0.219 e. The van der Waals surface area contributed by atoms with Crippen LogP contribution >= 0.6 is 0 Å². The molecule has 0 unspecified atom stereocenters. The average Bonchev–Trinajstić information content (AvgIpc) is 3.69. The second kappa shape index (κ2) is 20.9. The third-order valence-corrected chi connectivity index (χ3v) is 15.0. The molecule has 3 aliphatic rings. The molecule has 70 heavy (non-hydrogen) atoms. The van der Waals surface area contributed by atoms with Crippen molar-refractivity contribution in [3.8, 4) is 5.75 Å². The molecule has 0 bridgehead atoms. The number of rotatable bonds is 18. The standard InChI is InChI=1S/C55H64N6O7S2/c1-54(2)46-37-45(70(65,66)67)29-31-48(46)58-50(54)14-12-15-51-55(3,4)47-36-44(69(56,63)64)30-32-49(47)61(51)34-11-9-10-16-52(62)57-33-13-35-68-43-27-21-40(22-28-43)53(38-17-23-41(24-18-38)59(5)6)39-19-25-42(26-20-39)60(7)8/h12,14-15,17-32,36-37H,9-11,13,16,33-35H2,1-8H3,(H3-,56,57,62,63,64,65,66,67). The number of anilines is 2. The Morgan fingerprint density at radius 1 is 0.814 bits per heavy atom. The third-order valence-electron chi connectivity index (χ3n) is 13.3. The van der Waals surface area contributed by atoms with Crippen LogP contribution in [-0.2, 0) is 35.8 Å². The van der Waals surface area contributed by atoms with Gasteiger partial charge in [-0.3, -0.25) is 4.79 Å². The molecule has 0 radical (unpaired) electrons. The van der Waals surface area contributed by atoms with E-state index >= 15 is 0 Å². The maximum atomic E-state index is 12.9. The quantitative estimate of drug-likeness (QED) is 0.0559. The highest BCUT2D eigenvalue weighted by Gasteiger charge is 2.44. The van der Waals surface area contributed by atoms with Crippen molar-refractivity contribution in [2.75, 3.05) is 58.1 Å². The lowest BCUT2D eigenvalue weighted by molar-refractivity contribution is -0.462. The lowest BCUT2D eigenvalue weighted by atomic mass is 9.81. The van der Waals surface area contributed by atoms with Gasteiger partial charge in [0.2, 0.25) is 11.6 Å². The summed E-state index contributed by atoms with van der Waals surface area (Å²) in [6, 6.07) is 25.9. The van der Waals surface area contributed by atoms with Gasteiger partial charge in [0, 0.05) is 90.7 Å². The van der Waals surface area contributed by atoms with Gasteiger partial charge in [0.05, 0.1) is 26.9 Å². The van der Waals surface area contributed by atoms with E-state index in [0.29, 0.717) is 44.5 Å². The highest BCUT2D eigenvalue weighted by atomic mass is 32.2. The van der Waals surface area contributed by atoms with Gasteiger partial charge in [-0.1, -0.05) is 44.2 Å². The number of hydrogen-bond acceptors (Lipinski definition) is 9. The summed E-state index contributed by atoms with van der Waals surface area (Å²) in [7, 11) is -0.668. The van der Waals surface area contributed by atoms with Crippen LogP contribution in [0.5, 0.6) is 5.75 Å². The number of allylic oxidation sites excluding steroid dienone is 9. The summed E-state index contributed by atoms with van der Waals surface area (Å²) in [5.74, 6) is 0.748. The minimum atomic E-state index is -4.62. The number of nitrogens with zero attached hydrogens (tertiary/aromatic N) is 3. The normalized spacial score (nSPS) is 16.4. The molecular weight excluding hydrogens is 921 g/mol. The van der Waals surface area contributed by atoms with Gasteiger partial charge in [0.25, 0.3) is 0 Å². The van der Waals surface area contributed by atoms with E-state index in [1.165, 1.54) is 18.2 Å². The Kier molecular flexibility index (Phi) is 15.4. The van der Waals surface area contributed by atoms with Crippen molar-refractivity contribution in [3.63, 3.8) is 0 Å². The van der Waals surface area contributed by atoms with Gasteiger partial charge >= 0.3 is 0 Å². The van der Waals surface area contributed by atoms with Crippen LogP contribution in [0.25, 0.3) is 10.7 Å². The Bertz CT molecular complexity index is 3100. The van der Waals surface area contributed by atoms with Crippen molar-refractivity contribution in [1.29, 1.82) is 0 Å². The van der Waals surface area contributed by atoms with Crippen LogP contribution in [0.15, 0.2) is 149 Å². The minimum Gasteiger partial charge on any atom is -0.744 e. The van der Waals surface area contributed by atoms with E-state index in [0.717, 1.165) is 80.6 Å². The summed E-state index contributed by atoms with van der Waals surface area (Å²) in [6.45, 7) is 9.53. The van der Waals surface area contributed by atoms with Crippen molar-refractivity contribution in [2.24, 2.45) is 0 Å². The number of carbonyl (C=O) groups excluding carboxylic acids is 1. The molecule has 15 heteroatoms. The zero-order valence-corrected chi connectivity index (χ0v) is 42.9. The number of unbranched alkanes of at least 4 members (excludes halogenated alkanes) is 2. The molecule has 1 aliphatic carbocycles. The fraction of sp³-hybridized carbons (Fsp3) is 0.327. The number of ether oxygens (including phenoxy) is 1. The van der Waals surface area contributed by atoms with Crippen molar-refractivity contribution in [1.82, 2.24) is 5.32 Å². The molecule has 0 spiro atoms. The molecule has 0 saturated carbocycles. The Morgan fingerprint density at radius 2 is 1.46 bits per heavy atom. The third kappa shape index (κ3) is 11.6. The Labute approximate surface area is 414 Å². The molecule has 7 rings (SSSR count). The Morgan fingerprint density at radius 3 is 2.09 bits per heavy atom. The number of fused-ring (bicyclic) bond motifs is 2. The highest BCUT2D eigenvalue weighted by molar-refractivity contribution is 7.93. The van der Waals surface area contributed by atoms with Crippen LogP contribution in [-0.4, -0.2) is 95.8 Å². The highest BCUT2D eigenvalue weighted by Crippen LogP contribution is 2.45. The van der Waals surface area contributed by atoms with E-state index in [2.05, 4.69) is 85.4 Å². The van der Waals surface area contributed by atoms with Crippen LogP contribution < -0.4 is 20.3 Å². The van der Waals surface area contributed by atoms with E-state index in [9.17, 15) is 26.2 Å². The van der Waals surface area contributed by atoms with Gasteiger partial charge in [-0.25, -0.2) is 21.4 Å². The number of amides is 1. The molecule has 2 aliphatic heterocycles. The van der Waals surface area contributed by atoms with E-state index < -0.39 is 31.0 Å². The van der Waals surface area contributed by atoms with Gasteiger partial charge in [0.15, 0.2) is 11.4 Å². The molecule has 0 saturated heterocycles. The fourth-order valence-corrected chi connectivity index (χ4v) is 10.2. The van der Waals surface area contributed by atoms with E-state index in [1.807, 2.05) is 86.2 Å². The zero-order valence-electron chi connectivity index (χ0n) is 41.3. The molecule has 3 N–H and O–H groups in total. The van der Waals surface area contributed by atoms with Crippen molar-refractivity contribution in [2.45, 2.75) is 80.4 Å². The summed E-state index contributed by atoms with van der Waals surface area (Å²) in [5.41, 5.74) is 10.3. The van der Waals surface area contributed by atoms with Crippen LogP contribution in [0, 0.1) is 0 Å². The van der Waals surface area contributed by atoms with Crippen molar-refractivity contribution < 1.29 is 40.1 Å². The molecule has 0 fully saturated rings. The maximum absolute atomic E-state index is 12.9. The molecular formula is C55H64N6O7S2. The smallest absolute Gasteiger partial charge is 0.219 e. The zero-order chi connectivity index (χ0) is 50.6. The first-order valence-corrected chi connectivity index (χ1v) is 26.4. The largest absolute Gasteiger partial charge is 0.744 e. The predicted molar refractivity (Wildman–Crippen MR) is 279 cm³/mol. The van der Waals surface area contributed by atoms with Crippen LogP contribution in [0.1, 0.15) is 82.1 Å². The number of sulfonamides is 1. The van der Waals surface area contributed by atoms with Crippen LogP contribution in [0.3, 0.4) is 0 Å². The summed E-state index contributed by atoms with van der Waals surface area (Å²) in [5, 5.41) is 14.1. The first kappa shape index (κ1) is 51.5. The average molecular weight is 985 g/mol. The number of hydrogen-bond donors (Lipinski definition) is 2. The predicted octanol–water partition coefficient (Wildman–Crippen LogP) is 9.40. The molecule has 4 aromatic rings. The lowest BCUT2D eigenvalue weighted by Crippen LogP contribution is -2.28. The molecule has 4 aromatic carbocycles. The van der Waals surface area contributed by atoms with Gasteiger partial charge < -0.3 is 30.0 Å². The molecule has 0 atom stereocenters. The topological polar surface area (TPSA) is 175 Å². The Hall–Kier alpha value is -6.39. The Balaban J connectivity index is 0.924. The summed E-state index contributed by atoms with van der Waals surface area (Å²) in [6.07, 6.45) is 17.7. The number of benzene rings is 4. The van der Waals surface area contributed by atoms with E-state index in [1.54, 1.807) is 18.2 Å². The first-order chi connectivity index (χ1) is 33.0. The van der Waals surface area contributed by atoms with Crippen LogP contribution in [0.2, 0.25) is 0 Å². The van der Waals surface area contributed by atoms with Crippen molar-refractivity contribution in [3.05, 3.63) is 166 Å². The van der Waals surface area contributed by atoms with Gasteiger partial charge in [-0.05, 0) is 134 Å². The first-order valence-electron chi connectivity index (χ1n) is 23.5. The monoisotopic (exact) mass is 984 g/mol. The summed E-state index contributed by atoms with van der Waals surface area (Å²) < 4.78 is 70.2. The van der Waals surface area contributed by atoms with Crippen molar-refractivity contribution >= 4 is 60.1 Å². The molecule has 2 heterocycles. The fourth-order valence-electron chi connectivity index (χ4n) is 9.18. The van der Waals surface area contributed by atoms with Gasteiger partial charge in [0.1, 0.15) is 36.5 Å². The summed E-state index contributed by atoms with van der Waals surface area (Å²) in [4.78, 5) is 14.6. The molecule has 1 amide bonds. The SMILES string of the molecule is CN(C)c1ccc(C(=C2C=CC(=[N+](C)C)C=C2)c2ccc(OCCCNC(=O)CCCCC[N+]3=C(/C=C/C=C4/Nc5ccc(S(=O)(=O)[O-])cc5C4(C)C)C(C)(C)c4cc(S([NH-])(=O)=O)ccc43)cc2)cc1. The van der Waals surface area contributed by atoms with E-state index in [-0.39, 0.29) is 15.7 Å². The number of carbonyl (C=O) groups is 1. The molecule has 13 nitrogen and oxygen atoms in total. The van der Waals surface area contributed by atoms with Gasteiger partial charge in [-0.2, -0.15) is 4.58 Å². The number of nitrogens with one attached hydrogen (secondary N) is 3. The molecule has 0 aromatic heterocycles. The van der Waals surface area contributed by atoms with E-state index in [4.69, 9.17) is 9.88 Å². The van der Waals surface area contributed by atoms with Gasteiger partial charge in [-0.15, -0.1) is 0 Å². The minimum absolute atomic E-state index is 0.0128. The second-order valence-electron chi connectivity index (χ2n) is 19.3. The van der Waals surface area contributed by atoms with Crippen LogP contribution in [0.4, 0.5) is 17.1 Å². The summed E-state index contributed by atoms with van der Waals surface area (Å²) >= 11 is 0. The molecule has 368 valence electrons.